The van der Waals surface area contributed by atoms with Crippen molar-refractivity contribution in [2.75, 3.05) is 114 Å². The van der Waals surface area contributed by atoms with Gasteiger partial charge in [0.1, 0.15) is 37.9 Å². The van der Waals surface area contributed by atoms with Crippen molar-refractivity contribution in [2.24, 2.45) is 0 Å². The van der Waals surface area contributed by atoms with Crippen LogP contribution in [-0.2, 0) is 37.6 Å². The van der Waals surface area contributed by atoms with Crippen molar-refractivity contribution in [3.63, 3.8) is 0 Å². The van der Waals surface area contributed by atoms with Crippen LogP contribution in [0.2, 0.25) is 0 Å². The highest BCUT2D eigenvalue weighted by molar-refractivity contribution is 7.70. The quantitative estimate of drug-likeness (QED) is 0.0305. The van der Waals surface area contributed by atoms with Crippen molar-refractivity contribution in [3.05, 3.63) is 93.2 Å². The second-order valence-electron chi connectivity index (χ2n) is 20.6. The summed E-state index contributed by atoms with van der Waals surface area (Å²) in [4.78, 5) is 2.83. The number of alkyl halides is 6. The highest BCUT2D eigenvalue weighted by Gasteiger charge is 2.34. The van der Waals surface area contributed by atoms with Crippen LogP contribution in [-0.4, -0.2) is 122 Å². The van der Waals surface area contributed by atoms with Crippen LogP contribution in [0, 0.1) is 46.3 Å². The average Bonchev–Trinajstić information content (AvgIpc) is 3.91. The van der Waals surface area contributed by atoms with Crippen molar-refractivity contribution in [1.82, 2.24) is 4.90 Å². The summed E-state index contributed by atoms with van der Waals surface area (Å²) < 4.78 is 137. The minimum absolute atomic E-state index is 0.00832. The van der Waals surface area contributed by atoms with E-state index < -0.39 is 39.5 Å². The van der Waals surface area contributed by atoms with E-state index in [1.807, 2.05) is 24.3 Å². The number of piperidine rings is 1. The molecule has 0 saturated carbocycles. The molecule has 434 valence electrons. The lowest BCUT2D eigenvalue weighted by Crippen LogP contribution is -2.40. The molecular weight excluding hydrogens is 1140 g/mol. The van der Waals surface area contributed by atoms with Gasteiger partial charge in [-0.15, -0.1) is 22.7 Å². The van der Waals surface area contributed by atoms with Crippen molar-refractivity contribution in [3.8, 4) is 47.3 Å². The van der Waals surface area contributed by atoms with E-state index in [4.69, 9.17) is 24.2 Å². The fraction of sp³-hybridized carbons (Fsp3) is 0.424. The van der Waals surface area contributed by atoms with E-state index in [1.165, 1.54) is 11.3 Å². The molecule has 6 aromatic rings. The van der Waals surface area contributed by atoms with E-state index in [0.29, 0.717) is 90.9 Å². The topological polar surface area (TPSA) is 170 Å². The summed E-state index contributed by atoms with van der Waals surface area (Å²) in [7, 11) is -4.41. The fourth-order valence-corrected chi connectivity index (χ4v) is 14.9. The number of hydrogen-bond donors (Lipinski definition) is 4. The molecule has 0 amide bonds. The first-order valence-electron chi connectivity index (χ1n) is 26.6. The van der Waals surface area contributed by atoms with Gasteiger partial charge in [-0.3, -0.25) is 0 Å². The van der Waals surface area contributed by atoms with Crippen LogP contribution in [0.1, 0.15) is 52.1 Å². The number of anilines is 4. The number of benzene rings is 4. The Balaban J connectivity index is 1.05. The van der Waals surface area contributed by atoms with E-state index in [0.717, 1.165) is 49.5 Å². The third-order valence-corrected chi connectivity index (χ3v) is 20.2. The van der Waals surface area contributed by atoms with Gasteiger partial charge in [0.05, 0.1) is 74.4 Å². The maximum atomic E-state index is 15.0. The Morgan fingerprint density at radius 1 is 0.683 bits per heavy atom. The summed E-state index contributed by atoms with van der Waals surface area (Å²) in [5.41, 5.74) is 2.77. The number of hydrogen-bond acceptors (Lipinski definition) is 15. The van der Waals surface area contributed by atoms with Crippen LogP contribution in [0.5, 0.6) is 11.5 Å². The molecule has 1 atom stereocenters. The first-order valence-corrected chi connectivity index (χ1v) is 33.1. The predicted octanol–water partition coefficient (Wildman–Crippen LogP) is 12.2. The van der Waals surface area contributed by atoms with Crippen LogP contribution in [0.25, 0.3) is 20.2 Å². The minimum Gasteiger partial charge on any atom is -0.477 e. The second kappa shape index (κ2) is 27.3. The molecule has 2 aromatic heterocycles. The maximum absolute atomic E-state index is 15.0. The van der Waals surface area contributed by atoms with Crippen LogP contribution in [0.4, 0.5) is 49.1 Å². The largest absolute Gasteiger partial charge is 0.477 e. The van der Waals surface area contributed by atoms with Gasteiger partial charge in [-0.25, -0.2) is 0 Å². The van der Waals surface area contributed by atoms with Gasteiger partial charge in [-0.2, -0.15) is 36.9 Å². The Labute approximate surface area is 481 Å². The first kappa shape index (κ1) is 61.7. The highest BCUT2D eigenvalue weighted by atomic mass is 32.1. The monoisotopic (exact) mass is 1210 g/mol. The molecule has 2 aliphatic rings. The molecule has 0 radical (unpaired) electrons. The molecule has 13 nitrogen and oxygen atoms in total. The van der Waals surface area contributed by atoms with Gasteiger partial charge >= 0.3 is 12.4 Å². The van der Waals surface area contributed by atoms with Gasteiger partial charge < -0.3 is 54.2 Å². The van der Waals surface area contributed by atoms with E-state index in [9.17, 15) is 40.7 Å². The molecular formula is C59H63F6N7O6P2S2. The zero-order valence-corrected chi connectivity index (χ0v) is 49.2. The Morgan fingerprint density at radius 3 is 1.78 bits per heavy atom. The number of fused-ring (bicyclic) bond motifs is 2. The number of nitrogens with one attached hydrogen (secondary N) is 4. The number of nitriles is 2. The summed E-state index contributed by atoms with van der Waals surface area (Å²) in [6.07, 6.45) is -8.52. The van der Waals surface area contributed by atoms with Gasteiger partial charge in [0.15, 0.2) is 13.2 Å². The van der Waals surface area contributed by atoms with Crippen LogP contribution < -0.4 is 41.3 Å². The molecule has 4 heterocycles. The normalized spacial score (nSPS) is 15.3. The SMILES string of the molecule is COCCN1CCC(Nc2cccc3c(CC(F)(F)F)c(C#CCNc4ccc(P(C)(=O)Cc5cc(NC6CCOCC6)c6sc(C#CCNc7ccc(P(C)(C)=O)cc7OCC#N)c(CC(F)(F)F)c6c5)cc4OCC#N)sc23)CC1. The summed E-state index contributed by atoms with van der Waals surface area (Å²) >= 11 is 2.34. The van der Waals surface area contributed by atoms with Crippen LogP contribution in [0.3, 0.4) is 0 Å². The number of likely N-dealkylation sites (tertiary alicyclic amines) is 1. The number of methoxy groups -OCH3 is 1. The summed E-state index contributed by atoms with van der Waals surface area (Å²) in [5.74, 6) is 12.4. The molecule has 8 rings (SSSR count). The van der Waals surface area contributed by atoms with E-state index in [-0.39, 0.29) is 72.1 Å². The fourth-order valence-electron chi connectivity index (χ4n) is 9.92. The van der Waals surface area contributed by atoms with Gasteiger partial charge in [0.2, 0.25) is 0 Å². The van der Waals surface area contributed by atoms with Gasteiger partial charge in [0.25, 0.3) is 0 Å². The molecule has 4 N–H and O–H groups in total. The van der Waals surface area contributed by atoms with Gasteiger partial charge in [-0.1, -0.05) is 35.8 Å². The van der Waals surface area contributed by atoms with Crippen molar-refractivity contribution >= 4 is 90.5 Å². The van der Waals surface area contributed by atoms with Crippen LogP contribution >= 0.6 is 37.0 Å². The lowest BCUT2D eigenvalue weighted by atomic mass is 10.0. The van der Waals surface area contributed by atoms with Crippen molar-refractivity contribution < 1.29 is 54.4 Å². The Kier molecular flexibility index (Phi) is 20.6. The van der Waals surface area contributed by atoms with Crippen LogP contribution in [0.15, 0.2) is 66.7 Å². The van der Waals surface area contributed by atoms with Gasteiger partial charge in [0, 0.05) is 68.8 Å². The van der Waals surface area contributed by atoms with E-state index >= 15 is 0 Å². The molecule has 2 aliphatic heterocycles. The Morgan fingerprint density at radius 2 is 1.22 bits per heavy atom. The van der Waals surface area contributed by atoms with Gasteiger partial charge in [-0.05, 0) is 128 Å². The standard InChI is InChI=1S/C59H63F6N7O6P2S2/c1-75-31-26-72-24-16-40(17-25-72)70-50-9-5-8-44-46(36-58(60,61)62)54(81-56(44)50)10-6-22-69-49-15-13-43(35-53(49)78-30-21-67)80(4,74)38-39-32-45-47(37-59(63,64)65)55(82-57(45)51(33-39)71-41-18-27-76-28-19-41)11-7-23-68-48-14-12-42(79(2,3)73)34-52(48)77-29-20-66/h5,8-9,12-15,32-35,40-41,68-71H,16-19,22-31,36-38H2,1-4H3. The summed E-state index contributed by atoms with van der Waals surface area (Å²) in [6.45, 7) is 8.36. The number of ether oxygens (including phenoxy) is 4. The number of halogens is 6. The first-order chi connectivity index (χ1) is 39.1. The maximum Gasteiger partial charge on any atom is 0.393 e. The summed E-state index contributed by atoms with van der Waals surface area (Å²) in [5, 5.41) is 33.8. The predicted molar refractivity (Wildman–Crippen MR) is 317 cm³/mol. The lowest BCUT2D eigenvalue weighted by Gasteiger charge is -2.32. The average molecular weight is 1210 g/mol. The Bertz CT molecular complexity index is 3570. The molecule has 4 aromatic carbocycles. The van der Waals surface area contributed by atoms with Crippen molar-refractivity contribution in [1.29, 1.82) is 10.5 Å². The molecule has 82 heavy (non-hydrogen) atoms. The number of rotatable bonds is 21. The zero-order chi connectivity index (χ0) is 58.7. The highest BCUT2D eigenvalue weighted by Crippen LogP contribution is 2.49. The molecule has 2 fully saturated rings. The third-order valence-electron chi connectivity index (χ3n) is 14.0. The second-order valence-corrected chi connectivity index (χ2v) is 28.9. The summed E-state index contributed by atoms with van der Waals surface area (Å²) in [6, 6.07) is 22.5. The lowest BCUT2D eigenvalue weighted by molar-refractivity contribution is -0.127. The molecule has 0 bridgehead atoms. The zero-order valence-electron chi connectivity index (χ0n) is 45.8. The van der Waals surface area contributed by atoms with E-state index in [1.54, 1.807) is 81.7 Å². The molecule has 2 saturated heterocycles. The van der Waals surface area contributed by atoms with E-state index in [2.05, 4.69) is 49.8 Å². The molecule has 0 spiro atoms. The smallest absolute Gasteiger partial charge is 0.393 e. The Hall–Kier alpha value is -6.38. The number of nitrogens with zero attached hydrogens (tertiary/aromatic N) is 3. The molecule has 1 unspecified atom stereocenters. The molecule has 23 heteroatoms. The third kappa shape index (κ3) is 16.7. The molecule has 0 aliphatic carbocycles. The van der Waals surface area contributed by atoms with Crippen molar-refractivity contribution in [2.45, 2.75) is 69.1 Å². The number of thiophene rings is 2. The minimum atomic E-state index is -4.61.